The van der Waals surface area contributed by atoms with Crippen LogP contribution in [0.2, 0.25) is 0 Å². The van der Waals surface area contributed by atoms with Gasteiger partial charge in [0.25, 0.3) is 0 Å². The monoisotopic (exact) mass is 260 g/mol. The topological polar surface area (TPSA) is 40.5 Å². The van der Waals surface area contributed by atoms with Gasteiger partial charge in [0.1, 0.15) is 0 Å². The molecule has 0 aliphatic rings. The molecular formula is C16H36O2. The molecule has 0 amide bonds. The Morgan fingerprint density at radius 2 is 1.17 bits per heavy atom. The molecule has 0 bridgehead atoms. The summed E-state index contributed by atoms with van der Waals surface area (Å²) in [6.45, 7) is 6.75. The number of rotatable bonds is 11. The van der Waals surface area contributed by atoms with Crippen molar-refractivity contribution in [1.82, 2.24) is 0 Å². The van der Waals surface area contributed by atoms with Crippen molar-refractivity contribution >= 4 is 0 Å². The third-order valence-corrected chi connectivity index (χ3v) is 3.30. The number of unbranched alkanes of at least 4 members (excludes halogenated alkanes) is 7. The molecule has 112 valence electrons. The molecule has 0 heterocycles. The van der Waals surface area contributed by atoms with Gasteiger partial charge in [-0.05, 0) is 19.3 Å². The van der Waals surface area contributed by atoms with Crippen LogP contribution in [0.25, 0.3) is 0 Å². The first-order valence-corrected chi connectivity index (χ1v) is 7.98. The maximum atomic E-state index is 9.03. The molecule has 0 saturated heterocycles. The second kappa shape index (κ2) is 19.3. The fourth-order valence-corrected chi connectivity index (χ4v) is 1.99. The van der Waals surface area contributed by atoms with Gasteiger partial charge in [0.15, 0.2) is 0 Å². The average Bonchev–Trinajstić information content (AvgIpc) is 2.38. The smallest absolute Gasteiger partial charge is 0.0459 e. The molecule has 2 nitrogen and oxygen atoms in total. The van der Waals surface area contributed by atoms with E-state index in [0.717, 1.165) is 6.42 Å². The van der Waals surface area contributed by atoms with Crippen molar-refractivity contribution in [2.45, 2.75) is 85.0 Å². The molecule has 0 fully saturated rings. The first kappa shape index (κ1) is 20.2. The summed E-state index contributed by atoms with van der Waals surface area (Å²) < 4.78 is 0. The lowest BCUT2D eigenvalue weighted by atomic mass is 9.98. The average molecular weight is 260 g/mol. The highest BCUT2D eigenvalue weighted by Gasteiger charge is 2.03. The Balaban J connectivity index is 0. The predicted molar refractivity (Wildman–Crippen MR) is 80.9 cm³/mol. The number of hydrogen-bond donors (Lipinski definition) is 2. The quantitative estimate of drug-likeness (QED) is 0.536. The second-order valence-corrected chi connectivity index (χ2v) is 5.04. The molecule has 1 unspecified atom stereocenters. The van der Waals surface area contributed by atoms with Crippen LogP contribution in [0.15, 0.2) is 0 Å². The van der Waals surface area contributed by atoms with Crippen LogP contribution in [0.3, 0.4) is 0 Å². The van der Waals surface area contributed by atoms with E-state index in [1.54, 1.807) is 6.92 Å². The molecule has 0 spiro atoms. The van der Waals surface area contributed by atoms with Gasteiger partial charge in [-0.3, -0.25) is 0 Å². The molecule has 0 radical (unpaired) electrons. The maximum absolute atomic E-state index is 9.03. The van der Waals surface area contributed by atoms with Crippen LogP contribution < -0.4 is 0 Å². The Morgan fingerprint density at radius 1 is 0.722 bits per heavy atom. The largest absolute Gasteiger partial charge is 0.397 e. The number of aliphatic hydroxyl groups is 2. The molecule has 0 aliphatic heterocycles. The maximum Gasteiger partial charge on any atom is 0.0459 e. The zero-order valence-electron chi connectivity index (χ0n) is 13.0. The van der Waals surface area contributed by atoms with Crippen molar-refractivity contribution in [2.75, 3.05) is 13.2 Å². The van der Waals surface area contributed by atoms with Gasteiger partial charge in [-0.15, -0.1) is 0 Å². The number of hydrogen-bond acceptors (Lipinski definition) is 2. The van der Waals surface area contributed by atoms with Crippen molar-refractivity contribution in [2.24, 2.45) is 5.92 Å². The molecule has 1 atom stereocenters. The van der Waals surface area contributed by atoms with Crippen LogP contribution in [-0.4, -0.2) is 23.4 Å². The van der Waals surface area contributed by atoms with Crippen LogP contribution in [-0.2, 0) is 0 Å². The van der Waals surface area contributed by atoms with E-state index < -0.39 is 0 Å². The van der Waals surface area contributed by atoms with Gasteiger partial charge in [-0.25, -0.2) is 0 Å². The minimum atomic E-state index is 0.250. The molecule has 0 aromatic heterocycles. The third-order valence-electron chi connectivity index (χ3n) is 3.30. The van der Waals surface area contributed by atoms with E-state index in [-0.39, 0.29) is 6.61 Å². The summed E-state index contributed by atoms with van der Waals surface area (Å²) >= 11 is 0. The third kappa shape index (κ3) is 18.3. The van der Waals surface area contributed by atoms with E-state index in [1.165, 1.54) is 57.8 Å². The Kier molecular flexibility index (Phi) is 21.7. The van der Waals surface area contributed by atoms with Crippen molar-refractivity contribution in [3.8, 4) is 0 Å². The van der Waals surface area contributed by atoms with Crippen LogP contribution in [0.1, 0.15) is 85.0 Å². The zero-order valence-corrected chi connectivity index (χ0v) is 13.0. The lowest BCUT2D eigenvalue weighted by Crippen LogP contribution is -2.03. The van der Waals surface area contributed by atoms with E-state index in [1.807, 2.05) is 0 Å². The van der Waals surface area contributed by atoms with Crippen LogP contribution >= 0.6 is 0 Å². The van der Waals surface area contributed by atoms with Crippen LogP contribution in [0, 0.1) is 5.92 Å². The van der Waals surface area contributed by atoms with E-state index in [0.29, 0.717) is 12.5 Å². The SMILES string of the molecule is CCCCCCCCCCC(CC)CO.CCO. The minimum absolute atomic E-state index is 0.250. The highest BCUT2D eigenvalue weighted by Crippen LogP contribution is 2.14. The molecule has 0 aromatic rings. The Labute approximate surface area is 115 Å². The standard InChI is InChI=1S/C14H30O.C2H6O/c1-3-5-6-7-8-9-10-11-12-14(4-2)13-15;1-2-3/h14-15H,3-13H2,1-2H3;3H,2H2,1H3. The Morgan fingerprint density at radius 3 is 1.56 bits per heavy atom. The van der Waals surface area contributed by atoms with Gasteiger partial charge >= 0.3 is 0 Å². The van der Waals surface area contributed by atoms with Gasteiger partial charge in [0.05, 0.1) is 0 Å². The number of aliphatic hydroxyl groups excluding tert-OH is 2. The van der Waals surface area contributed by atoms with Crippen molar-refractivity contribution in [3.05, 3.63) is 0 Å². The first-order valence-electron chi connectivity index (χ1n) is 7.98. The highest BCUT2D eigenvalue weighted by atomic mass is 16.3. The molecule has 18 heavy (non-hydrogen) atoms. The Bertz CT molecular complexity index is 122. The normalized spacial score (nSPS) is 11.8. The van der Waals surface area contributed by atoms with Crippen molar-refractivity contribution < 1.29 is 10.2 Å². The summed E-state index contributed by atoms with van der Waals surface area (Å²) in [6.07, 6.45) is 13.4. The van der Waals surface area contributed by atoms with E-state index in [4.69, 9.17) is 10.2 Å². The summed E-state index contributed by atoms with van der Waals surface area (Å²) in [5, 5.41) is 16.6. The summed E-state index contributed by atoms with van der Waals surface area (Å²) in [5.74, 6) is 0.560. The Hall–Kier alpha value is -0.0800. The summed E-state index contributed by atoms with van der Waals surface area (Å²) in [7, 11) is 0. The minimum Gasteiger partial charge on any atom is -0.397 e. The van der Waals surface area contributed by atoms with Crippen molar-refractivity contribution in [1.29, 1.82) is 0 Å². The van der Waals surface area contributed by atoms with Crippen LogP contribution in [0.5, 0.6) is 0 Å². The van der Waals surface area contributed by atoms with Gasteiger partial charge in [-0.2, -0.15) is 0 Å². The molecule has 0 saturated carbocycles. The fraction of sp³-hybridized carbons (Fsp3) is 1.00. The predicted octanol–water partition coefficient (Wildman–Crippen LogP) is 4.53. The van der Waals surface area contributed by atoms with Gasteiger partial charge < -0.3 is 10.2 Å². The van der Waals surface area contributed by atoms with Crippen molar-refractivity contribution in [3.63, 3.8) is 0 Å². The summed E-state index contributed by atoms with van der Waals surface area (Å²) in [5.41, 5.74) is 0. The van der Waals surface area contributed by atoms with E-state index in [9.17, 15) is 0 Å². The molecule has 2 N–H and O–H groups in total. The molecular weight excluding hydrogens is 224 g/mol. The molecule has 2 heteroatoms. The van der Waals surface area contributed by atoms with Gasteiger partial charge in [0.2, 0.25) is 0 Å². The zero-order chi connectivity index (χ0) is 14.1. The van der Waals surface area contributed by atoms with E-state index >= 15 is 0 Å². The second-order valence-electron chi connectivity index (χ2n) is 5.04. The summed E-state index contributed by atoms with van der Waals surface area (Å²) in [6, 6.07) is 0. The summed E-state index contributed by atoms with van der Waals surface area (Å²) in [4.78, 5) is 0. The lowest BCUT2D eigenvalue weighted by molar-refractivity contribution is 0.211. The van der Waals surface area contributed by atoms with E-state index in [2.05, 4.69) is 13.8 Å². The van der Waals surface area contributed by atoms with Gasteiger partial charge in [0, 0.05) is 13.2 Å². The van der Waals surface area contributed by atoms with Gasteiger partial charge in [-0.1, -0.05) is 71.6 Å². The highest BCUT2D eigenvalue weighted by molar-refractivity contribution is 4.55. The first-order chi connectivity index (χ1) is 8.76. The lowest BCUT2D eigenvalue weighted by Gasteiger charge is -2.10. The molecule has 0 aliphatic carbocycles. The van der Waals surface area contributed by atoms with Crippen LogP contribution in [0.4, 0.5) is 0 Å². The fourth-order valence-electron chi connectivity index (χ4n) is 1.99. The molecule has 0 rings (SSSR count). The molecule has 0 aromatic carbocycles.